The monoisotopic (exact) mass is 313 g/mol. The minimum absolute atomic E-state index is 0.659. The van der Waals surface area contributed by atoms with Gasteiger partial charge in [-0.1, -0.05) is 19.8 Å². The maximum Gasteiger partial charge on any atom is 0.213 e. The van der Waals surface area contributed by atoms with Gasteiger partial charge in [0.25, 0.3) is 0 Å². The van der Waals surface area contributed by atoms with E-state index in [9.17, 15) is 0 Å². The number of aromatic nitrogens is 2. The van der Waals surface area contributed by atoms with E-state index in [4.69, 9.17) is 4.74 Å². The zero-order valence-corrected chi connectivity index (χ0v) is 14.3. The van der Waals surface area contributed by atoms with Gasteiger partial charge in [-0.2, -0.15) is 0 Å². The molecule has 0 spiro atoms. The van der Waals surface area contributed by atoms with Crippen LogP contribution in [0.1, 0.15) is 38.2 Å². The molecule has 4 nitrogen and oxygen atoms in total. The average Bonchev–Trinajstić information content (AvgIpc) is 2.61. The Hall–Kier alpha value is -1.68. The van der Waals surface area contributed by atoms with Gasteiger partial charge in [-0.05, 0) is 56.0 Å². The summed E-state index contributed by atoms with van der Waals surface area (Å²) >= 11 is 0. The third-order valence-corrected chi connectivity index (χ3v) is 4.95. The number of rotatable bonds is 6. The van der Waals surface area contributed by atoms with E-state index in [0.29, 0.717) is 5.88 Å². The molecule has 1 aliphatic heterocycles. The molecule has 3 heterocycles. The normalized spacial score (nSPS) is 16.8. The molecule has 0 saturated carbocycles. The first kappa shape index (κ1) is 16.2. The summed E-state index contributed by atoms with van der Waals surface area (Å²) in [6.07, 6.45) is 8.35. The maximum absolute atomic E-state index is 5.26. The van der Waals surface area contributed by atoms with Crippen LogP contribution in [0.25, 0.3) is 11.0 Å². The van der Waals surface area contributed by atoms with Crippen molar-refractivity contribution in [2.45, 2.75) is 39.0 Å². The van der Waals surface area contributed by atoms with Crippen molar-refractivity contribution >= 4 is 11.0 Å². The largest absolute Gasteiger partial charge is 0.481 e. The highest BCUT2D eigenvalue weighted by molar-refractivity contribution is 5.78. The number of nitrogens with zero attached hydrogens (tertiary/aromatic N) is 3. The highest BCUT2D eigenvalue weighted by Gasteiger charge is 2.18. The van der Waals surface area contributed by atoms with E-state index in [0.717, 1.165) is 29.9 Å². The Labute approximate surface area is 138 Å². The standard InChI is InChI=1S/C19H27N3O/c1-3-4-15-8-12-22(13-9-15)14-10-16-7-11-20-17-5-6-18(23-2)21-19(16)17/h5-7,11,15H,3-4,8-10,12-14H2,1-2H3. The van der Waals surface area contributed by atoms with Crippen molar-refractivity contribution in [3.8, 4) is 5.88 Å². The minimum atomic E-state index is 0.659. The molecule has 0 atom stereocenters. The number of ether oxygens (including phenoxy) is 1. The van der Waals surface area contributed by atoms with Crippen molar-refractivity contribution < 1.29 is 4.74 Å². The van der Waals surface area contributed by atoms with Crippen molar-refractivity contribution in [3.63, 3.8) is 0 Å². The summed E-state index contributed by atoms with van der Waals surface area (Å²) < 4.78 is 5.26. The molecule has 1 aliphatic rings. The number of pyridine rings is 2. The van der Waals surface area contributed by atoms with Gasteiger partial charge in [0.2, 0.25) is 5.88 Å². The smallest absolute Gasteiger partial charge is 0.213 e. The Balaban J connectivity index is 1.63. The topological polar surface area (TPSA) is 38.2 Å². The Morgan fingerprint density at radius 2 is 2.04 bits per heavy atom. The molecule has 0 bridgehead atoms. The molecule has 2 aromatic rings. The summed E-state index contributed by atoms with van der Waals surface area (Å²) in [4.78, 5) is 11.6. The molecule has 4 heteroatoms. The van der Waals surface area contributed by atoms with Crippen LogP contribution in [-0.4, -0.2) is 41.6 Å². The second-order valence-electron chi connectivity index (χ2n) is 6.52. The van der Waals surface area contributed by atoms with Gasteiger partial charge in [0.15, 0.2) is 0 Å². The highest BCUT2D eigenvalue weighted by Crippen LogP contribution is 2.23. The first-order chi connectivity index (χ1) is 11.3. The van der Waals surface area contributed by atoms with E-state index in [1.807, 2.05) is 18.3 Å². The van der Waals surface area contributed by atoms with Crippen LogP contribution in [0.15, 0.2) is 24.4 Å². The third-order valence-electron chi connectivity index (χ3n) is 4.95. The van der Waals surface area contributed by atoms with Gasteiger partial charge in [-0.25, -0.2) is 4.98 Å². The molecule has 0 unspecified atom stereocenters. The van der Waals surface area contributed by atoms with Crippen LogP contribution >= 0.6 is 0 Å². The van der Waals surface area contributed by atoms with E-state index < -0.39 is 0 Å². The lowest BCUT2D eigenvalue weighted by Gasteiger charge is -2.31. The van der Waals surface area contributed by atoms with E-state index in [1.165, 1.54) is 44.3 Å². The SMILES string of the molecule is CCCC1CCN(CCc2ccnc3ccc(OC)nc23)CC1. The molecule has 0 amide bonds. The molecule has 0 aliphatic carbocycles. The molecule has 2 aromatic heterocycles. The van der Waals surface area contributed by atoms with Gasteiger partial charge in [-0.15, -0.1) is 0 Å². The van der Waals surface area contributed by atoms with Gasteiger partial charge in [-0.3, -0.25) is 4.98 Å². The summed E-state index contributed by atoms with van der Waals surface area (Å²) in [6.45, 7) is 5.88. The predicted molar refractivity (Wildman–Crippen MR) is 93.9 cm³/mol. The Bertz CT molecular complexity index is 636. The summed E-state index contributed by atoms with van der Waals surface area (Å²) in [6, 6.07) is 5.96. The zero-order chi connectivity index (χ0) is 16.1. The van der Waals surface area contributed by atoms with Gasteiger partial charge in [0.1, 0.15) is 0 Å². The number of piperidine rings is 1. The number of likely N-dealkylation sites (tertiary alicyclic amines) is 1. The van der Waals surface area contributed by atoms with E-state index >= 15 is 0 Å². The zero-order valence-electron chi connectivity index (χ0n) is 14.3. The van der Waals surface area contributed by atoms with Crippen molar-refractivity contribution in [1.82, 2.24) is 14.9 Å². The number of hydrogen-bond donors (Lipinski definition) is 0. The van der Waals surface area contributed by atoms with Crippen molar-refractivity contribution in [1.29, 1.82) is 0 Å². The number of hydrogen-bond acceptors (Lipinski definition) is 4. The lowest BCUT2D eigenvalue weighted by molar-refractivity contribution is 0.180. The van der Waals surface area contributed by atoms with E-state index in [2.05, 4.69) is 27.9 Å². The van der Waals surface area contributed by atoms with E-state index in [-0.39, 0.29) is 0 Å². The Kier molecular flexibility index (Phi) is 5.44. The molecule has 3 rings (SSSR count). The number of methoxy groups -OCH3 is 1. The van der Waals surface area contributed by atoms with Crippen LogP contribution in [-0.2, 0) is 6.42 Å². The lowest BCUT2D eigenvalue weighted by atomic mass is 9.92. The fourth-order valence-corrected chi connectivity index (χ4v) is 3.56. The van der Waals surface area contributed by atoms with Crippen LogP contribution in [0.3, 0.4) is 0 Å². The van der Waals surface area contributed by atoms with Crippen molar-refractivity contribution in [2.24, 2.45) is 5.92 Å². The summed E-state index contributed by atoms with van der Waals surface area (Å²) in [5.41, 5.74) is 3.20. The minimum Gasteiger partial charge on any atom is -0.481 e. The molecule has 1 saturated heterocycles. The average molecular weight is 313 g/mol. The highest BCUT2D eigenvalue weighted by atomic mass is 16.5. The third kappa shape index (κ3) is 3.99. The predicted octanol–water partition coefficient (Wildman–Crippen LogP) is 3.69. The Morgan fingerprint density at radius 1 is 1.22 bits per heavy atom. The van der Waals surface area contributed by atoms with Crippen LogP contribution in [0, 0.1) is 5.92 Å². The first-order valence-corrected chi connectivity index (χ1v) is 8.81. The first-order valence-electron chi connectivity index (χ1n) is 8.81. The van der Waals surface area contributed by atoms with Gasteiger partial charge < -0.3 is 9.64 Å². The van der Waals surface area contributed by atoms with Crippen LogP contribution < -0.4 is 4.74 Å². The second-order valence-corrected chi connectivity index (χ2v) is 6.52. The summed E-state index contributed by atoms with van der Waals surface area (Å²) in [7, 11) is 1.66. The fraction of sp³-hybridized carbons (Fsp3) is 0.579. The molecule has 0 radical (unpaired) electrons. The second kappa shape index (κ2) is 7.73. The quantitative estimate of drug-likeness (QED) is 0.815. The van der Waals surface area contributed by atoms with Crippen LogP contribution in [0.5, 0.6) is 5.88 Å². The molecular formula is C19H27N3O. The Morgan fingerprint density at radius 3 is 2.78 bits per heavy atom. The fourth-order valence-electron chi connectivity index (χ4n) is 3.56. The van der Waals surface area contributed by atoms with Crippen molar-refractivity contribution in [2.75, 3.05) is 26.7 Å². The van der Waals surface area contributed by atoms with Crippen molar-refractivity contribution in [3.05, 3.63) is 30.0 Å². The van der Waals surface area contributed by atoms with Crippen LogP contribution in [0.4, 0.5) is 0 Å². The molecule has 0 aromatic carbocycles. The molecule has 0 N–H and O–H groups in total. The number of fused-ring (bicyclic) bond motifs is 1. The van der Waals surface area contributed by atoms with E-state index in [1.54, 1.807) is 7.11 Å². The maximum atomic E-state index is 5.26. The van der Waals surface area contributed by atoms with Gasteiger partial charge >= 0.3 is 0 Å². The molecule has 1 fully saturated rings. The van der Waals surface area contributed by atoms with Crippen LogP contribution in [0.2, 0.25) is 0 Å². The molecular weight excluding hydrogens is 286 g/mol. The van der Waals surface area contributed by atoms with Gasteiger partial charge in [0.05, 0.1) is 18.1 Å². The molecule has 23 heavy (non-hydrogen) atoms. The molecule has 124 valence electrons. The lowest BCUT2D eigenvalue weighted by Crippen LogP contribution is -2.35. The summed E-state index contributed by atoms with van der Waals surface area (Å²) in [5.74, 6) is 1.61. The van der Waals surface area contributed by atoms with Gasteiger partial charge in [0, 0.05) is 18.8 Å². The summed E-state index contributed by atoms with van der Waals surface area (Å²) in [5, 5.41) is 0.